The average molecular weight is 348 g/mol. The first-order valence-electron chi connectivity index (χ1n) is 7.26. The number of likely N-dealkylation sites (N-methyl/N-ethyl adjacent to an activating group) is 1. The van der Waals surface area contributed by atoms with E-state index in [0.717, 1.165) is 0 Å². The van der Waals surface area contributed by atoms with Gasteiger partial charge in [0.2, 0.25) is 0 Å². The van der Waals surface area contributed by atoms with Crippen LogP contribution in [0.4, 0.5) is 18.0 Å². The predicted molar refractivity (Wildman–Crippen MR) is 83.5 cm³/mol. The molecule has 0 aliphatic heterocycles. The number of nitrogens with zero attached hydrogens (tertiary/aromatic N) is 1. The molecule has 0 bridgehead atoms. The van der Waals surface area contributed by atoms with E-state index in [4.69, 9.17) is 10.5 Å². The molecule has 0 fully saturated rings. The van der Waals surface area contributed by atoms with Crippen molar-refractivity contribution in [2.75, 3.05) is 20.6 Å². The summed E-state index contributed by atoms with van der Waals surface area (Å²) in [6, 6.07) is 5.25. The van der Waals surface area contributed by atoms with Crippen LogP contribution in [0.2, 0.25) is 0 Å². The standard InChI is InChI=1S/C16H23F3N2O3/c1-14(2,3)15(10-21(4)5,24-13(20)22)11-6-8-12(9-7-11)23-16(17,18)19/h6-9H,10H2,1-5H3,(H2,20,22). The second kappa shape index (κ2) is 6.88. The zero-order valence-corrected chi connectivity index (χ0v) is 14.4. The van der Waals surface area contributed by atoms with Crippen molar-refractivity contribution in [3.63, 3.8) is 0 Å². The van der Waals surface area contributed by atoms with Gasteiger partial charge in [-0.15, -0.1) is 13.2 Å². The molecule has 1 unspecified atom stereocenters. The number of carbonyl (C=O) groups is 1. The number of hydrogen-bond acceptors (Lipinski definition) is 4. The summed E-state index contributed by atoms with van der Waals surface area (Å²) in [5, 5.41) is 0. The number of alkyl halides is 3. The van der Waals surface area contributed by atoms with E-state index in [2.05, 4.69) is 4.74 Å². The van der Waals surface area contributed by atoms with Gasteiger partial charge < -0.3 is 20.1 Å². The van der Waals surface area contributed by atoms with Gasteiger partial charge in [0.15, 0.2) is 5.60 Å². The topological polar surface area (TPSA) is 64.8 Å². The smallest absolute Gasteiger partial charge is 0.436 e. The Morgan fingerprint density at radius 2 is 1.62 bits per heavy atom. The molecule has 0 aromatic heterocycles. The molecule has 1 aromatic rings. The Bertz CT molecular complexity index is 565. The Balaban J connectivity index is 3.35. The van der Waals surface area contributed by atoms with Crippen LogP contribution in [0.3, 0.4) is 0 Å². The van der Waals surface area contributed by atoms with Crippen LogP contribution in [-0.4, -0.2) is 38.0 Å². The van der Waals surface area contributed by atoms with E-state index in [-0.39, 0.29) is 5.75 Å². The van der Waals surface area contributed by atoms with Crippen LogP contribution in [0.1, 0.15) is 26.3 Å². The van der Waals surface area contributed by atoms with Gasteiger partial charge in [0.25, 0.3) is 0 Å². The van der Waals surface area contributed by atoms with Crippen molar-refractivity contribution >= 4 is 6.09 Å². The molecule has 136 valence electrons. The fraction of sp³-hybridized carbons (Fsp3) is 0.562. The summed E-state index contributed by atoms with van der Waals surface area (Å²) >= 11 is 0. The van der Waals surface area contributed by atoms with Crippen molar-refractivity contribution in [3.05, 3.63) is 29.8 Å². The lowest BCUT2D eigenvalue weighted by Gasteiger charge is -2.45. The fourth-order valence-corrected chi connectivity index (χ4v) is 2.55. The third kappa shape index (κ3) is 5.02. The summed E-state index contributed by atoms with van der Waals surface area (Å²) in [4.78, 5) is 13.3. The van der Waals surface area contributed by atoms with E-state index in [9.17, 15) is 18.0 Å². The molecule has 0 heterocycles. The van der Waals surface area contributed by atoms with Crippen molar-refractivity contribution in [3.8, 4) is 5.75 Å². The maximum absolute atomic E-state index is 12.3. The summed E-state index contributed by atoms with van der Waals surface area (Å²) in [7, 11) is 3.60. The second-order valence-electron chi connectivity index (χ2n) is 6.81. The number of rotatable bonds is 5. The quantitative estimate of drug-likeness (QED) is 0.885. The molecule has 5 nitrogen and oxygen atoms in total. The van der Waals surface area contributed by atoms with Gasteiger partial charge in [-0.05, 0) is 31.8 Å². The third-order valence-corrected chi connectivity index (χ3v) is 3.58. The van der Waals surface area contributed by atoms with E-state index < -0.39 is 23.5 Å². The Labute approximate surface area is 139 Å². The molecule has 1 atom stereocenters. The molecular formula is C16H23F3N2O3. The Morgan fingerprint density at radius 1 is 1.12 bits per heavy atom. The normalized spacial score (nSPS) is 15.0. The van der Waals surface area contributed by atoms with Crippen molar-refractivity contribution < 1.29 is 27.4 Å². The largest absolute Gasteiger partial charge is 0.573 e. The number of hydrogen-bond donors (Lipinski definition) is 1. The summed E-state index contributed by atoms with van der Waals surface area (Å²) in [5.41, 5.74) is 4.06. The fourth-order valence-electron chi connectivity index (χ4n) is 2.55. The molecule has 0 aliphatic rings. The maximum atomic E-state index is 12.3. The molecule has 0 saturated carbocycles. The lowest BCUT2D eigenvalue weighted by Crippen LogP contribution is -2.51. The van der Waals surface area contributed by atoms with Gasteiger partial charge in [0.1, 0.15) is 5.75 Å². The molecule has 0 spiro atoms. The van der Waals surface area contributed by atoms with Gasteiger partial charge in [-0.25, -0.2) is 4.79 Å². The Kier molecular flexibility index (Phi) is 5.76. The van der Waals surface area contributed by atoms with Gasteiger partial charge in [0, 0.05) is 12.0 Å². The van der Waals surface area contributed by atoms with Crippen molar-refractivity contribution in [1.82, 2.24) is 4.90 Å². The number of nitrogens with two attached hydrogens (primary N) is 1. The Hall–Kier alpha value is -1.96. The molecule has 0 saturated heterocycles. The highest BCUT2D eigenvalue weighted by molar-refractivity contribution is 5.65. The first kappa shape index (κ1) is 20.1. The number of primary amides is 1. The van der Waals surface area contributed by atoms with Crippen molar-refractivity contribution in [2.45, 2.75) is 32.7 Å². The van der Waals surface area contributed by atoms with Gasteiger partial charge >= 0.3 is 12.5 Å². The molecule has 1 aromatic carbocycles. The summed E-state index contributed by atoms with van der Waals surface area (Å²) < 4.78 is 46.2. The molecular weight excluding hydrogens is 325 g/mol. The second-order valence-corrected chi connectivity index (χ2v) is 6.81. The molecule has 0 aliphatic carbocycles. The first-order valence-corrected chi connectivity index (χ1v) is 7.26. The van der Waals surface area contributed by atoms with E-state index in [1.165, 1.54) is 24.3 Å². The minimum atomic E-state index is -4.77. The van der Waals surface area contributed by atoms with E-state index in [1.807, 2.05) is 25.7 Å². The molecule has 2 N–H and O–H groups in total. The number of benzene rings is 1. The molecule has 24 heavy (non-hydrogen) atoms. The predicted octanol–water partition coefficient (Wildman–Crippen LogP) is 3.48. The molecule has 1 amide bonds. The van der Waals surface area contributed by atoms with E-state index >= 15 is 0 Å². The SMILES string of the molecule is CN(C)CC(OC(N)=O)(c1ccc(OC(F)(F)F)cc1)C(C)(C)C. The van der Waals surface area contributed by atoms with E-state index in [1.54, 1.807) is 14.1 Å². The highest BCUT2D eigenvalue weighted by Crippen LogP contribution is 2.43. The van der Waals surface area contributed by atoms with Crippen LogP contribution in [0.15, 0.2) is 24.3 Å². The van der Waals surface area contributed by atoms with Crippen LogP contribution in [-0.2, 0) is 10.3 Å². The highest BCUT2D eigenvalue weighted by Gasteiger charge is 2.47. The van der Waals surface area contributed by atoms with Gasteiger partial charge in [0.05, 0.1) is 0 Å². The average Bonchev–Trinajstić information content (AvgIpc) is 2.34. The summed E-state index contributed by atoms with van der Waals surface area (Å²) in [6.45, 7) is 5.89. The number of ether oxygens (including phenoxy) is 2. The number of carbonyl (C=O) groups excluding carboxylic acids is 1. The van der Waals surface area contributed by atoms with Crippen molar-refractivity contribution in [2.24, 2.45) is 11.1 Å². The zero-order chi connectivity index (χ0) is 18.8. The van der Waals surface area contributed by atoms with Crippen molar-refractivity contribution in [1.29, 1.82) is 0 Å². The minimum absolute atomic E-state index is 0.304. The molecule has 1 rings (SSSR count). The highest BCUT2D eigenvalue weighted by atomic mass is 19.4. The first-order chi connectivity index (χ1) is 10.8. The van der Waals surface area contributed by atoms with Crippen LogP contribution in [0, 0.1) is 5.41 Å². The van der Waals surface area contributed by atoms with Crippen LogP contribution < -0.4 is 10.5 Å². The lowest BCUT2D eigenvalue weighted by molar-refractivity contribution is -0.274. The number of amides is 1. The maximum Gasteiger partial charge on any atom is 0.573 e. The number of halogens is 3. The van der Waals surface area contributed by atoms with Gasteiger partial charge in [-0.1, -0.05) is 32.9 Å². The monoisotopic (exact) mass is 348 g/mol. The van der Waals surface area contributed by atoms with Gasteiger partial charge in [-0.2, -0.15) is 0 Å². The zero-order valence-electron chi connectivity index (χ0n) is 14.4. The van der Waals surface area contributed by atoms with Crippen LogP contribution >= 0.6 is 0 Å². The van der Waals surface area contributed by atoms with Crippen LogP contribution in [0.5, 0.6) is 5.75 Å². The van der Waals surface area contributed by atoms with Gasteiger partial charge in [-0.3, -0.25) is 0 Å². The summed E-state index contributed by atoms with van der Waals surface area (Å²) in [6.07, 6.45) is -5.72. The molecule has 0 radical (unpaired) electrons. The van der Waals surface area contributed by atoms with E-state index in [0.29, 0.717) is 12.1 Å². The minimum Gasteiger partial charge on any atom is -0.436 e. The summed E-state index contributed by atoms with van der Waals surface area (Å²) in [5.74, 6) is -0.349. The lowest BCUT2D eigenvalue weighted by atomic mass is 9.71. The third-order valence-electron chi connectivity index (χ3n) is 3.58. The Morgan fingerprint density at radius 3 is 1.96 bits per heavy atom. The van der Waals surface area contributed by atoms with Crippen LogP contribution in [0.25, 0.3) is 0 Å². The molecule has 8 heteroatoms.